The van der Waals surface area contributed by atoms with Crippen molar-refractivity contribution in [2.45, 2.75) is 26.8 Å². The molecule has 5 nitrogen and oxygen atoms in total. The van der Waals surface area contributed by atoms with Crippen LogP contribution in [0.1, 0.15) is 29.8 Å². The van der Waals surface area contributed by atoms with Crippen LogP contribution < -0.4 is 10.9 Å². The number of amides is 1. The molecule has 2 aromatic heterocycles. The number of thiazole rings is 1. The number of carbonyl (C=O) groups excluding carboxylic acids is 1. The van der Waals surface area contributed by atoms with Gasteiger partial charge in [0.15, 0.2) is 4.96 Å². The van der Waals surface area contributed by atoms with Gasteiger partial charge in [-0.15, -0.1) is 11.3 Å². The standard InChI is InChI=1S/C17H17N3O2S/c1-10(2)19-15(21)13-8-18-17-20(16(13)22)14(9-23-17)12-6-4-11(3)5-7-12/h4-10H,1-3H3,(H,19,21). The van der Waals surface area contributed by atoms with Gasteiger partial charge in [0.05, 0.1) is 5.69 Å². The lowest BCUT2D eigenvalue weighted by atomic mass is 10.1. The van der Waals surface area contributed by atoms with E-state index < -0.39 is 5.91 Å². The lowest BCUT2D eigenvalue weighted by Gasteiger charge is -2.08. The lowest BCUT2D eigenvalue weighted by Crippen LogP contribution is -2.35. The van der Waals surface area contributed by atoms with E-state index in [0.717, 1.165) is 16.8 Å². The summed E-state index contributed by atoms with van der Waals surface area (Å²) in [6.07, 6.45) is 1.35. The van der Waals surface area contributed by atoms with Gasteiger partial charge in [0.1, 0.15) is 5.56 Å². The number of carbonyl (C=O) groups is 1. The highest BCUT2D eigenvalue weighted by Crippen LogP contribution is 2.24. The Morgan fingerprint density at radius 3 is 2.61 bits per heavy atom. The fourth-order valence-electron chi connectivity index (χ4n) is 2.31. The molecule has 0 aliphatic heterocycles. The first kappa shape index (κ1) is 15.4. The first-order valence-electron chi connectivity index (χ1n) is 7.34. The van der Waals surface area contributed by atoms with Crippen molar-refractivity contribution in [3.63, 3.8) is 0 Å². The van der Waals surface area contributed by atoms with E-state index in [1.807, 2.05) is 50.4 Å². The molecule has 3 aromatic rings. The van der Waals surface area contributed by atoms with Crippen LogP contribution in [0.3, 0.4) is 0 Å². The summed E-state index contributed by atoms with van der Waals surface area (Å²) in [4.78, 5) is 29.7. The van der Waals surface area contributed by atoms with E-state index >= 15 is 0 Å². The first-order valence-corrected chi connectivity index (χ1v) is 8.22. The van der Waals surface area contributed by atoms with Gasteiger partial charge in [-0.3, -0.25) is 14.0 Å². The maximum atomic E-state index is 12.7. The van der Waals surface area contributed by atoms with Crippen LogP contribution in [-0.4, -0.2) is 21.3 Å². The monoisotopic (exact) mass is 327 g/mol. The molecule has 0 aliphatic carbocycles. The number of nitrogens with one attached hydrogen (secondary N) is 1. The second kappa shape index (κ2) is 5.96. The molecule has 3 rings (SSSR count). The maximum absolute atomic E-state index is 12.7. The second-order valence-electron chi connectivity index (χ2n) is 5.71. The minimum atomic E-state index is -0.395. The van der Waals surface area contributed by atoms with Crippen LogP contribution in [0.15, 0.2) is 40.6 Å². The summed E-state index contributed by atoms with van der Waals surface area (Å²) < 4.78 is 1.50. The molecule has 0 bridgehead atoms. The molecule has 0 saturated heterocycles. The zero-order valence-electron chi connectivity index (χ0n) is 13.2. The van der Waals surface area contributed by atoms with Crippen molar-refractivity contribution in [3.8, 4) is 11.3 Å². The summed E-state index contributed by atoms with van der Waals surface area (Å²) in [6.45, 7) is 5.71. The Kier molecular flexibility index (Phi) is 4.00. The van der Waals surface area contributed by atoms with Crippen LogP contribution in [0, 0.1) is 6.92 Å². The summed E-state index contributed by atoms with van der Waals surface area (Å²) in [6, 6.07) is 7.87. The molecule has 6 heteroatoms. The predicted octanol–water partition coefficient (Wildman–Crippen LogP) is 2.87. The van der Waals surface area contributed by atoms with Crippen molar-refractivity contribution in [1.29, 1.82) is 0 Å². The Morgan fingerprint density at radius 1 is 1.26 bits per heavy atom. The Morgan fingerprint density at radius 2 is 1.96 bits per heavy atom. The molecule has 1 amide bonds. The molecular weight excluding hydrogens is 310 g/mol. The molecular formula is C17H17N3O2S. The normalized spacial score (nSPS) is 11.1. The fraction of sp³-hybridized carbons (Fsp3) is 0.235. The molecule has 0 aliphatic rings. The van der Waals surface area contributed by atoms with Crippen LogP contribution >= 0.6 is 11.3 Å². The van der Waals surface area contributed by atoms with Gasteiger partial charge in [-0.25, -0.2) is 4.98 Å². The third-order valence-electron chi connectivity index (χ3n) is 3.46. The van der Waals surface area contributed by atoms with Crippen molar-refractivity contribution in [2.24, 2.45) is 0 Å². The van der Waals surface area contributed by atoms with Crippen molar-refractivity contribution in [2.75, 3.05) is 0 Å². The van der Waals surface area contributed by atoms with Gasteiger partial charge < -0.3 is 5.32 Å². The number of nitrogens with zero attached hydrogens (tertiary/aromatic N) is 2. The van der Waals surface area contributed by atoms with Crippen LogP contribution in [-0.2, 0) is 0 Å². The third-order valence-corrected chi connectivity index (χ3v) is 4.30. The molecule has 118 valence electrons. The molecule has 0 atom stereocenters. The minimum absolute atomic E-state index is 0.0401. The van der Waals surface area contributed by atoms with Gasteiger partial charge in [-0.1, -0.05) is 29.8 Å². The topological polar surface area (TPSA) is 63.5 Å². The van der Waals surface area contributed by atoms with Crippen LogP contribution in [0.5, 0.6) is 0 Å². The van der Waals surface area contributed by atoms with Gasteiger partial charge in [-0.2, -0.15) is 0 Å². The number of fused-ring (bicyclic) bond motifs is 1. The zero-order chi connectivity index (χ0) is 16.6. The maximum Gasteiger partial charge on any atom is 0.271 e. The molecule has 23 heavy (non-hydrogen) atoms. The van der Waals surface area contributed by atoms with E-state index in [4.69, 9.17) is 0 Å². The van der Waals surface area contributed by atoms with Gasteiger partial charge >= 0.3 is 0 Å². The zero-order valence-corrected chi connectivity index (χ0v) is 14.0. The molecule has 1 aromatic carbocycles. The Bertz CT molecular complexity index is 923. The lowest BCUT2D eigenvalue weighted by molar-refractivity contribution is 0.0941. The van der Waals surface area contributed by atoms with Gasteiger partial charge in [0.2, 0.25) is 0 Å². The van der Waals surface area contributed by atoms with E-state index in [0.29, 0.717) is 4.96 Å². The molecule has 0 radical (unpaired) electrons. The highest BCUT2D eigenvalue weighted by molar-refractivity contribution is 7.15. The molecule has 0 fully saturated rings. The average Bonchev–Trinajstić information content (AvgIpc) is 2.92. The molecule has 1 N–H and O–H groups in total. The van der Waals surface area contributed by atoms with E-state index in [-0.39, 0.29) is 17.2 Å². The molecule has 0 saturated carbocycles. The van der Waals surface area contributed by atoms with E-state index in [1.165, 1.54) is 21.9 Å². The number of aromatic nitrogens is 2. The number of hydrogen-bond acceptors (Lipinski definition) is 4. The number of aryl methyl sites for hydroxylation is 1. The summed E-state index contributed by atoms with van der Waals surface area (Å²) >= 11 is 1.38. The summed E-state index contributed by atoms with van der Waals surface area (Å²) in [5.74, 6) is -0.395. The third kappa shape index (κ3) is 2.90. The average molecular weight is 327 g/mol. The van der Waals surface area contributed by atoms with Crippen molar-refractivity contribution in [3.05, 3.63) is 57.3 Å². The predicted molar refractivity (Wildman–Crippen MR) is 92.1 cm³/mol. The van der Waals surface area contributed by atoms with Crippen LogP contribution in [0.2, 0.25) is 0 Å². The quantitative estimate of drug-likeness (QED) is 0.804. The van der Waals surface area contributed by atoms with Crippen molar-refractivity contribution >= 4 is 22.2 Å². The molecule has 0 spiro atoms. The van der Waals surface area contributed by atoms with E-state index in [2.05, 4.69) is 10.3 Å². The highest BCUT2D eigenvalue weighted by Gasteiger charge is 2.17. The van der Waals surface area contributed by atoms with Gasteiger partial charge in [0.25, 0.3) is 11.5 Å². The largest absolute Gasteiger partial charge is 0.350 e. The van der Waals surface area contributed by atoms with E-state index in [9.17, 15) is 9.59 Å². The number of hydrogen-bond donors (Lipinski definition) is 1. The SMILES string of the molecule is Cc1ccc(-c2csc3ncc(C(=O)NC(C)C)c(=O)n23)cc1. The van der Waals surface area contributed by atoms with E-state index in [1.54, 1.807) is 0 Å². The number of benzene rings is 1. The Hall–Kier alpha value is -2.47. The van der Waals surface area contributed by atoms with Crippen LogP contribution in [0.25, 0.3) is 16.2 Å². The van der Waals surface area contributed by atoms with Crippen molar-refractivity contribution < 1.29 is 4.79 Å². The van der Waals surface area contributed by atoms with Crippen molar-refractivity contribution in [1.82, 2.24) is 14.7 Å². The minimum Gasteiger partial charge on any atom is -0.350 e. The molecule has 2 heterocycles. The fourth-order valence-corrected chi connectivity index (χ4v) is 3.17. The summed E-state index contributed by atoms with van der Waals surface area (Å²) in [5, 5.41) is 4.62. The molecule has 0 unspecified atom stereocenters. The number of rotatable bonds is 3. The first-order chi connectivity index (χ1) is 11.0. The van der Waals surface area contributed by atoms with Gasteiger partial charge in [0, 0.05) is 17.6 Å². The second-order valence-corrected chi connectivity index (χ2v) is 6.55. The highest BCUT2D eigenvalue weighted by atomic mass is 32.1. The summed E-state index contributed by atoms with van der Waals surface area (Å²) in [7, 11) is 0. The Labute approximate surface area is 137 Å². The van der Waals surface area contributed by atoms with Crippen LogP contribution in [0.4, 0.5) is 0 Å². The summed E-state index contributed by atoms with van der Waals surface area (Å²) in [5.41, 5.74) is 2.54. The Balaban J connectivity index is 2.17. The smallest absolute Gasteiger partial charge is 0.271 e. The van der Waals surface area contributed by atoms with Gasteiger partial charge in [-0.05, 0) is 26.3 Å².